The molecule has 0 saturated carbocycles. The highest BCUT2D eigenvalue weighted by molar-refractivity contribution is 5.86. The lowest BCUT2D eigenvalue weighted by molar-refractivity contribution is 0.148. The summed E-state index contributed by atoms with van der Waals surface area (Å²) in [7, 11) is 3.32. The summed E-state index contributed by atoms with van der Waals surface area (Å²) in [6, 6.07) is 9.33. The second-order valence-electron chi connectivity index (χ2n) is 5.19. The lowest BCUT2D eigenvalue weighted by Gasteiger charge is -2.21. The minimum Gasteiger partial charge on any atom is -0.312 e. The Hall–Kier alpha value is -2.83. The normalized spacial score (nSPS) is 24.7. The van der Waals surface area contributed by atoms with Gasteiger partial charge in [0.2, 0.25) is 0 Å². The second kappa shape index (κ2) is 5.51. The van der Waals surface area contributed by atoms with Crippen molar-refractivity contribution in [2.24, 2.45) is 5.10 Å². The number of carbonyl (C=O) groups excluding carboxylic acids is 2. The molecule has 0 aromatic heterocycles. The summed E-state index contributed by atoms with van der Waals surface area (Å²) >= 11 is 0. The van der Waals surface area contributed by atoms with Gasteiger partial charge < -0.3 is 15.1 Å². The predicted molar refractivity (Wildman–Crippen MR) is 82.8 cm³/mol. The topological polar surface area (TPSA) is 68.2 Å². The monoisotopic (exact) mass is 299 g/mol. The van der Waals surface area contributed by atoms with Crippen LogP contribution in [-0.2, 0) is 0 Å². The number of hydrogen-bond donors (Lipinski definition) is 1. The molecule has 114 valence electrons. The number of hydrogen-bond acceptors (Lipinski definition) is 3. The van der Waals surface area contributed by atoms with Crippen LogP contribution in [-0.4, -0.2) is 59.5 Å². The van der Waals surface area contributed by atoms with Crippen molar-refractivity contribution < 1.29 is 9.59 Å². The maximum Gasteiger partial charge on any atom is 0.341 e. The molecule has 2 saturated heterocycles. The third-order valence-corrected chi connectivity index (χ3v) is 3.80. The van der Waals surface area contributed by atoms with Gasteiger partial charge in [-0.25, -0.2) is 9.59 Å². The van der Waals surface area contributed by atoms with Gasteiger partial charge in [0.05, 0.1) is 0 Å². The Bertz CT molecular complexity index is 643. The first-order valence-electron chi connectivity index (χ1n) is 6.94. The molecule has 2 aliphatic heterocycles. The summed E-state index contributed by atoms with van der Waals surface area (Å²) in [6.07, 6.45) is 4.40. The first kappa shape index (κ1) is 14.1. The van der Waals surface area contributed by atoms with Crippen LogP contribution in [0.3, 0.4) is 0 Å². The predicted octanol–water partition coefficient (Wildman–Crippen LogP) is 1.36. The number of urea groups is 2. The molecule has 2 aliphatic rings. The number of rotatable bonds is 3. The molecular weight excluding hydrogens is 282 g/mol. The molecule has 0 aliphatic carbocycles. The number of allylic oxidation sites excluding steroid dienone is 1. The van der Waals surface area contributed by atoms with Crippen molar-refractivity contribution in [2.75, 3.05) is 14.1 Å². The van der Waals surface area contributed by atoms with E-state index in [0.717, 1.165) is 5.56 Å². The molecule has 2 atom stereocenters. The molecular formula is C15H17N5O2. The lowest BCUT2D eigenvalue weighted by Crippen LogP contribution is -2.41. The van der Waals surface area contributed by atoms with Crippen LogP contribution in [0.25, 0.3) is 6.08 Å². The van der Waals surface area contributed by atoms with Crippen LogP contribution in [0.5, 0.6) is 0 Å². The van der Waals surface area contributed by atoms with Gasteiger partial charge in [-0.3, -0.25) is 0 Å². The summed E-state index contributed by atoms with van der Waals surface area (Å²) in [5.74, 6) is 0. The maximum absolute atomic E-state index is 12.0. The summed E-state index contributed by atoms with van der Waals surface area (Å²) in [6.45, 7) is 0. The molecule has 7 heteroatoms. The number of benzene rings is 1. The molecule has 2 unspecified atom stereocenters. The molecule has 4 amide bonds. The van der Waals surface area contributed by atoms with Gasteiger partial charge in [0, 0.05) is 20.3 Å². The zero-order chi connectivity index (χ0) is 15.7. The van der Waals surface area contributed by atoms with Crippen LogP contribution >= 0.6 is 0 Å². The summed E-state index contributed by atoms with van der Waals surface area (Å²) in [4.78, 5) is 26.9. The second-order valence-corrected chi connectivity index (χ2v) is 5.19. The number of fused-ring (bicyclic) bond motifs is 1. The van der Waals surface area contributed by atoms with E-state index in [1.807, 2.05) is 36.4 Å². The van der Waals surface area contributed by atoms with Crippen LogP contribution in [0.2, 0.25) is 0 Å². The number of carbonyl (C=O) groups is 2. The van der Waals surface area contributed by atoms with E-state index in [9.17, 15) is 9.59 Å². The van der Waals surface area contributed by atoms with Crippen molar-refractivity contribution >= 4 is 24.4 Å². The van der Waals surface area contributed by atoms with Crippen molar-refractivity contribution in [1.82, 2.24) is 20.1 Å². The minimum absolute atomic E-state index is 0.143. The number of likely N-dealkylation sites (N-methyl/N-ethyl adjacent to an activating group) is 2. The van der Waals surface area contributed by atoms with Crippen LogP contribution in [0.1, 0.15) is 5.56 Å². The van der Waals surface area contributed by atoms with Crippen LogP contribution in [0, 0.1) is 0 Å². The quantitative estimate of drug-likeness (QED) is 0.856. The average molecular weight is 299 g/mol. The minimum atomic E-state index is -0.425. The smallest absolute Gasteiger partial charge is 0.312 e. The third kappa shape index (κ3) is 2.30. The van der Waals surface area contributed by atoms with Gasteiger partial charge in [-0.2, -0.15) is 10.1 Å². The van der Waals surface area contributed by atoms with Crippen molar-refractivity contribution in [3.05, 3.63) is 42.0 Å². The van der Waals surface area contributed by atoms with E-state index in [1.165, 1.54) is 14.8 Å². The van der Waals surface area contributed by atoms with Gasteiger partial charge in [-0.05, 0) is 11.6 Å². The van der Waals surface area contributed by atoms with Gasteiger partial charge in [-0.1, -0.05) is 36.4 Å². The standard InChI is InChI=1S/C15H17N5O2/c1-18-12-13(19(2)15(18)22)20(14(21)17-12)16-10-6-9-11-7-4-3-5-8-11/h3-10,12-13H,1-2H3,(H,17,21)/b9-6+,16-10+. The molecule has 7 nitrogen and oxygen atoms in total. The first-order valence-corrected chi connectivity index (χ1v) is 6.94. The fourth-order valence-electron chi connectivity index (χ4n) is 2.62. The van der Waals surface area contributed by atoms with E-state index < -0.39 is 6.17 Å². The Balaban J connectivity index is 1.72. The molecule has 1 aromatic rings. The third-order valence-electron chi connectivity index (χ3n) is 3.80. The number of hydrazone groups is 1. The van der Waals surface area contributed by atoms with Crippen LogP contribution < -0.4 is 5.32 Å². The molecule has 1 aromatic carbocycles. The van der Waals surface area contributed by atoms with Gasteiger partial charge in [-0.15, -0.1) is 0 Å². The van der Waals surface area contributed by atoms with Crippen molar-refractivity contribution in [2.45, 2.75) is 12.3 Å². The summed E-state index contributed by atoms with van der Waals surface area (Å²) in [5.41, 5.74) is 1.05. The lowest BCUT2D eigenvalue weighted by atomic mass is 10.2. The van der Waals surface area contributed by atoms with Crippen molar-refractivity contribution in [1.29, 1.82) is 0 Å². The average Bonchev–Trinajstić information content (AvgIpc) is 2.96. The van der Waals surface area contributed by atoms with Gasteiger partial charge >= 0.3 is 12.1 Å². The molecule has 1 N–H and O–H groups in total. The SMILES string of the molecule is CN1C(=O)N(C)C2C1NC(=O)N2/N=C/C=C/c1ccccc1. The molecule has 0 radical (unpaired) electrons. The van der Waals surface area contributed by atoms with Crippen LogP contribution in [0.4, 0.5) is 9.59 Å². The van der Waals surface area contributed by atoms with Gasteiger partial charge in [0.1, 0.15) is 6.17 Å². The van der Waals surface area contributed by atoms with E-state index in [-0.39, 0.29) is 18.2 Å². The molecule has 2 heterocycles. The number of amides is 4. The Kier molecular flexibility index (Phi) is 3.54. The molecule has 2 fully saturated rings. The van der Waals surface area contributed by atoms with E-state index in [4.69, 9.17) is 0 Å². The Morgan fingerprint density at radius 2 is 1.86 bits per heavy atom. The fourth-order valence-corrected chi connectivity index (χ4v) is 2.62. The molecule has 0 bridgehead atoms. The number of nitrogens with zero attached hydrogens (tertiary/aromatic N) is 4. The molecule has 3 rings (SSSR count). The molecule has 22 heavy (non-hydrogen) atoms. The van der Waals surface area contributed by atoms with Crippen LogP contribution in [0.15, 0.2) is 41.5 Å². The maximum atomic E-state index is 12.0. The number of nitrogens with one attached hydrogen (secondary N) is 1. The zero-order valence-corrected chi connectivity index (χ0v) is 12.4. The van der Waals surface area contributed by atoms with Crippen molar-refractivity contribution in [3.63, 3.8) is 0 Å². The van der Waals surface area contributed by atoms with E-state index >= 15 is 0 Å². The van der Waals surface area contributed by atoms with E-state index in [2.05, 4.69) is 10.4 Å². The Labute approximate surface area is 128 Å². The Morgan fingerprint density at radius 3 is 2.59 bits per heavy atom. The van der Waals surface area contributed by atoms with Gasteiger partial charge in [0.25, 0.3) is 0 Å². The zero-order valence-electron chi connectivity index (χ0n) is 12.4. The van der Waals surface area contributed by atoms with E-state index in [0.29, 0.717) is 0 Å². The summed E-state index contributed by atoms with van der Waals surface area (Å²) < 4.78 is 0. The first-order chi connectivity index (χ1) is 10.6. The molecule has 0 spiro atoms. The Morgan fingerprint density at radius 1 is 1.14 bits per heavy atom. The largest absolute Gasteiger partial charge is 0.341 e. The highest BCUT2D eigenvalue weighted by atomic mass is 16.2. The van der Waals surface area contributed by atoms with E-state index in [1.54, 1.807) is 26.4 Å². The highest BCUT2D eigenvalue weighted by Gasteiger charge is 2.52. The van der Waals surface area contributed by atoms with Gasteiger partial charge in [0.15, 0.2) is 6.17 Å². The highest BCUT2D eigenvalue weighted by Crippen LogP contribution is 2.26. The van der Waals surface area contributed by atoms with Crippen molar-refractivity contribution in [3.8, 4) is 0 Å². The fraction of sp³-hybridized carbons (Fsp3) is 0.267. The summed E-state index contributed by atoms with van der Waals surface area (Å²) in [5, 5.41) is 8.21.